The SMILES string of the molecule is CCCn1c(Cc2cnc(N)cn2)nc2ccccc21. The van der Waals surface area contributed by atoms with Gasteiger partial charge >= 0.3 is 0 Å². The number of fused-ring (bicyclic) bond motifs is 1. The van der Waals surface area contributed by atoms with Crippen molar-refractivity contribution >= 4 is 16.9 Å². The van der Waals surface area contributed by atoms with Crippen molar-refractivity contribution in [3.8, 4) is 0 Å². The van der Waals surface area contributed by atoms with Crippen LogP contribution in [-0.2, 0) is 13.0 Å². The summed E-state index contributed by atoms with van der Waals surface area (Å²) in [5.74, 6) is 1.46. The van der Waals surface area contributed by atoms with Crippen LogP contribution in [0.5, 0.6) is 0 Å². The van der Waals surface area contributed by atoms with E-state index in [1.54, 1.807) is 12.4 Å². The van der Waals surface area contributed by atoms with Crippen LogP contribution in [0.3, 0.4) is 0 Å². The third-order valence-corrected chi connectivity index (χ3v) is 3.25. The molecule has 3 aromatic rings. The van der Waals surface area contributed by atoms with Gasteiger partial charge in [-0.15, -0.1) is 0 Å². The van der Waals surface area contributed by atoms with Crippen LogP contribution in [0.4, 0.5) is 5.82 Å². The van der Waals surface area contributed by atoms with Crippen molar-refractivity contribution < 1.29 is 0 Å². The Labute approximate surface area is 117 Å². The average molecular weight is 267 g/mol. The van der Waals surface area contributed by atoms with Crippen LogP contribution >= 0.6 is 0 Å². The molecule has 5 heteroatoms. The van der Waals surface area contributed by atoms with Crippen LogP contribution in [0.1, 0.15) is 24.9 Å². The topological polar surface area (TPSA) is 69.6 Å². The number of imidazole rings is 1. The first-order valence-electron chi connectivity index (χ1n) is 6.78. The molecule has 0 aliphatic rings. The van der Waals surface area contributed by atoms with Crippen LogP contribution in [0, 0.1) is 0 Å². The van der Waals surface area contributed by atoms with E-state index in [-0.39, 0.29) is 0 Å². The van der Waals surface area contributed by atoms with Crippen LogP contribution in [-0.4, -0.2) is 19.5 Å². The second-order valence-corrected chi connectivity index (χ2v) is 4.78. The molecule has 5 nitrogen and oxygen atoms in total. The fourth-order valence-corrected chi connectivity index (χ4v) is 2.35. The fourth-order valence-electron chi connectivity index (χ4n) is 2.35. The Morgan fingerprint density at radius 3 is 2.75 bits per heavy atom. The number of aromatic nitrogens is 4. The average Bonchev–Trinajstić information content (AvgIpc) is 2.80. The second kappa shape index (κ2) is 5.28. The molecule has 0 spiro atoms. The van der Waals surface area contributed by atoms with E-state index in [9.17, 15) is 0 Å². The summed E-state index contributed by atoms with van der Waals surface area (Å²) in [6.45, 7) is 3.12. The van der Waals surface area contributed by atoms with Crippen LogP contribution in [0.25, 0.3) is 11.0 Å². The first-order valence-corrected chi connectivity index (χ1v) is 6.78. The molecule has 0 saturated heterocycles. The van der Waals surface area contributed by atoms with Gasteiger partial charge < -0.3 is 10.3 Å². The van der Waals surface area contributed by atoms with E-state index in [0.717, 1.165) is 30.0 Å². The molecule has 2 aromatic heterocycles. The number of anilines is 1. The van der Waals surface area contributed by atoms with Gasteiger partial charge in [0.25, 0.3) is 0 Å². The molecule has 0 radical (unpaired) electrons. The fraction of sp³-hybridized carbons (Fsp3) is 0.267. The molecule has 0 aliphatic carbocycles. The monoisotopic (exact) mass is 267 g/mol. The lowest BCUT2D eigenvalue weighted by Gasteiger charge is -2.07. The number of benzene rings is 1. The van der Waals surface area contributed by atoms with Crippen molar-refractivity contribution in [3.63, 3.8) is 0 Å². The van der Waals surface area contributed by atoms with Gasteiger partial charge in [-0.05, 0) is 18.6 Å². The van der Waals surface area contributed by atoms with E-state index in [2.05, 4.69) is 27.5 Å². The molecule has 3 rings (SSSR count). The third-order valence-electron chi connectivity index (χ3n) is 3.25. The Balaban J connectivity index is 2.01. The van der Waals surface area contributed by atoms with Crippen molar-refractivity contribution in [3.05, 3.63) is 48.2 Å². The molecule has 20 heavy (non-hydrogen) atoms. The van der Waals surface area contributed by atoms with Gasteiger partial charge in [-0.25, -0.2) is 9.97 Å². The highest BCUT2D eigenvalue weighted by Crippen LogP contribution is 2.18. The summed E-state index contributed by atoms with van der Waals surface area (Å²) in [4.78, 5) is 13.1. The minimum absolute atomic E-state index is 0.441. The summed E-state index contributed by atoms with van der Waals surface area (Å²) < 4.78 is 2.26. The van der Waals surface area contributed by atoms with E-state index in [1.807, 2.05) is 18.2 Å². The molecular formula is C15H17N5. The highest BCUT2D eigenvalue weighted by molar-refractivity contribution is 5.75. The number of hydrogen-bond donors (Lipinski definition) is 1. The van der Waals surface area contributed by atoms with Gasteiger partial charge in [0.2, 0.25) is 0 Å². The minimum atomic E-state index is 0.441. The van der Waals surface area contributed by atoms with Crippen molar-refractivity contribution in [2.24, 2.45) is 0 Å². The van der Waals surface area contributed by atoms with E-state index in [4.69, 9.17) is 10.7 Å². The molecule has 0 aliphatic heterocycles. The zero-order valence-electron chi connectivity index (χ0n) is 11.5. The van der Waals surface area contributed by atoms with Gasteiger partial charge in [-0.1, -0.05) is 19.1 Å². The van der Waals surface area contributed by atoms with Crippen molar-refractivity contribution in [1.82, 2.24) is 19.5 Å². The van der Waals surface area contributed by atoms with E-state index < -0.39 is 0 Å². The van der Waals surface area contributed by atoms with Crippen molar-refractivity contribution in [2.75, 3.05) is 5.73 Å². The second-order valence-electron chi connectivity index (χ2n) is 4.78. The maximum atomic E-state index is 5.56. The molecule has 1 aromatic carbocycles. The highest BCUT2D eigenvalue weighted by atomic mass is 15.1. The lowest BCUT2D eigenvalue weighted by molar-refractivity contribution is 0.661. The number of rotatable bonds is 4. The molecule has 0 amide bonds. The smallest absolute Gasteiger partial charge is 0.141 e. The van der Waals surface area contributed by atoms with Gasteiger partial charge in [-0.2, -0.15) is 0 Å². The number of aryl methyl sites for hydroxylation is 1. The Hall–Kier alpha value is -2.43. The molecule has 0 unspecified atom stereocenters. The van der Waals surface area contributed by atoms with Gasteiger partial charge in [0.05, 0.1) is 29.1 Å². The Bertz CT molecular complexity index is 715. The number of para-hydroxylation sites is 2. The van der Waals surface area contributed by atoms with Gasteiger partial charge in [0.1, 0.15) is 11.6 Å². The molecule has 0 atom stereocenters. The Morgan fingerprint density at radius 1 is 1.15 bits per heavy atom. The van der Waals surface area contributed by atoms with Gasteiger partial charge in [0.15, 0.2) is 0 Å². The normalized spacial score (nSPS) is 11.1. The zero-order valence-corrected chi connectivity index (χ0v) is 11.5. The van der Waals surface area contributed by atoms with Crippen LogP contribution < -0.4 is 5.73 Å². The largest absolute Gasteiger partial charge is 0.382 e. The third kappa shape index (κ3) is 2.34. The molecule has 2 heterocycles. The minimum Gasteiger partial charge on any atom is -0.382 e. The maximum absolute atomic E-state index is 5.56. The number of nitrogens with zero attached hydrogens (tertiary/aromatic N) is 4. The summed E-state index contributed by atoms with van der Waals surface area (Å²) in [5, 5.41) is 0. The number of nitrogen functional groups attached to an aromatic ring is 1. The summed E-state index contributed by atoms with van der Waals surface area (Å²) in [5.41, 5.74) is 8.65. The standard InChI is InChI=1S/C15H17N5/c1-2-7-20-13-6-4-3-5-12(13)19-15(20)8-11-9-18-14(16)10-17-11/h3-6,9-10H,2,7-8H2,1H3,(H2,16,18). The number of nitrogens with two attached hydrogens (primary N) is 1. The first-order chi connectivity index (χ1) is 9.78. The lowest BCUT2D eigenvalue weighted by atomic mass is 10.3. The highest BCUT2D eigenvalue weighted by Gasteiger charge is 2.11. The van der Waals surface area contributed by atoms with E-state index >= 15 is 0 Å². The molecule has 102 valence electrons. The predicted octanol–water partition coefficient (Wildman–Crippen LogP) is 2.41. The van der Waals surface area contributed by atoms with E-state index in [0.29, 0.717) is 12.2 Å². The summed E-state index contributed by atoms with van der Waals surface area (Å²) in [7, 11) is 0. The van der Waals surface area contributed by atoms with Crippen molar-refractivity contribution in [2.45, 2.75) is 26.3 Å². The zero-order chi connectivity index (χ0) is 13.9. The van der Waals surface area contributed by atoms with Gasteiger partial charge in [-0.3, -0.25) is 4.98 Å². The van der Waals surface area contributed by atoms with Crippen LogP contribution in [0.2, 0.25) is 0 Å². The van der Waals surface area contributed by atoms with Crippen LogP contribution in [0.15, 0.2) is 36.7 Å². The molecule has 0 bridgehead atoms. The Morgan fingerprint density at radius 2 is 2.00 bits per heavy atom. The summed E-state index contributed by atoms with van der Waals surface area (Å²) >= 11 is 0. The predicted molar refractivity (Wildman–Crippen MR) is 79.3 cm³/mol. The summed E-state index contributed by atoms with van der Waals surface area (Å²) in [6.07, 6.45) is 5.04. The van der Waals surface area contributed by atoms with E-state index in [1.165, 1.54) is 5.52 Å². The number of hydrogen-bond acceptors (Lipinski definition) is 4. The summed E-state index contributed by atoms with van der Waals surface area (Å²) in [6, 6.07) is 8.21. The maximum Gasteiger partial charge on any atom is 0.141 e. The first kappa shape index (κ1) is 12.6. The van der Waals surface area contributed by atoms with Gasteiger partial charge in [0, 0.05) is 13.0 Å². The molecule has 0 saturated carbocycles. The quantitative estimate of drug-likeness (QED) is 0.788. The Kier molecular flexibility index (Phi) is 3.33. The molecule has 2 N–H and O–H groups in total. The van der Waals surface area contributed by atoms with Crippen molar-refractivity contribution in [1.29, 1.82) is 0 Å². The molecule has 0 fully saturated rings. The lowest BCUT2D eigenvalue weighted by Crippen LogP contribution is -2.06. The molecular weight excluding hydrogens is 250 g/mol.